The summed E-state index contributed by atoms with van der Waals surface area (Å²) in [7, 11) is 0. The first-order valence-corrected chi connectivity index (χ1v) is 3.77. The normalized spacial score (nSPS) is 10.3. The third-order valence-electron chi connectivity index (χ3n) is 0.994. The zero-order valence-corrected chi connectivity index (χ0v) is 7.55. The molecular weight excluding hydrogens is 156 g/mol. The van der Waals surface area contributed by atoms with Crippen molar-refractivity contribution < 1.29 is 9.59 Å². The van der Waals surface area contributed by atoms with Crippen LogP contribution >= 0.6 is 0 Å². The van der Waals surface area contributed by atoms with Crippen molar-refractivity contribution in [3.05, 3.63) is 12.2 Å². The van der Waals surface area contributed by atoms with Gasteiger partial charge in [0, 0.05) is 13.0 Å². The highest BCUT2D eigenvalue weighted by Crippen LogP contribution is 1.91. The van der Waals surface area contributed by atoms with Crippen molar-refractivity contribution in [2.24, 2.45) is 5.92 Å². The maximum absolute atomic E-state index is 10.8. The molecule has 0 fully saturated rings. The molecule has 4 heteroatoms. The van der Waals surface area contributed by atoms with Crippen LogP contribution in [0.4, 0.5) is 0 Å². The zero-order chi connectivity index (χ0) is 9.56. The van der Waals surface area contributed by atoms with E-state index in [9.17, 15) is 9.59 Å². The van der Waals surface area contributed by atoms with Gasteiger partial charge in [-0.1, -0.05) is 19.9 Å². The van der Waals surface area contributed by atoms with E-state index in [2.05, 4.69) is 10.9 Å². The standard InChI is InChI=1S/C8H14N2O2/c1-6(2)4-5-8(12)10-9-7(3)11/h4-6H,1-3H3,(H,9,11)(H,10,12)/b5-4+. The summed E-state index contributed by atoms with van der Waals surface area (Å²) in [6.07, 6.45) is 3.14. The first-order chi connectivity index (χ1) is 5.52. The van der Waals surface area contributed by atoms with E-state index in [1.807, 2.05) is 13.8 Å². The molecule has 0 aliphatic carbocycles. The van der Waals surface area contributed by atoms with Crippen LogP contribution in [0.1, 0.15) is 20.8 Å². The fraction of sp³-hybridized carbons (Fsp3) is 0.500. The molecule has 0 saturated heterocycles. The van der Waals surface area contributed by atoms with Gasteiger partial charge in [0.25, 0.3) is 5.91 Å². The highest BCUT2D eigenvalue weighted by Gasteiger charge is 1.94. The predicted octanol–water partition coefficient (Wildman–Crippen LogP) is 0.366. The summed E-state index contributed by atoms with van der Waals surface area (Å²) in [5, 5.41) is 0. The van der Waals surface area contributed by atoms with Crippen molar-refractivity contribution in [2.75, 3.05) is 0 Å². The second-order valence-corrected chi connectivity index (χ2v) is 2.77. The van der Waals surface area contributed by atoms with E-state index in [1.54, 1.807) is 6.08 Å². The van der Waals surface area contributed by atoms with Crippen LogP contribution in [0.2, 0.25) is 0 Å². The molecule has 0 atom stereocenters. The molecule has 0 spiro atoms. The minimum atomic E-state index is -0.320. The number of hydrazine groups is 1. The second kappa shape index (κ2) is 5.35. The summed E-state index contributed by atoms with van der Waals surface area (Å²) in [5.41, 5.74) is 4.39. The molecule has 0 aromatic carbocycles. The lowest BCUT2D eigenvalue weighted by Gasteiger charge is -2.00. The number of amides is 2. The fourth-order valence-electron chi connectivity index (χ4n) is 0.471. The Morgan fingerprint density at radius 1 is 1.25 bits per heavy atom. The monoisotopic (exact) mass is 170 g/mol. The number of allylic oxidation sites excluding steroid dienone is 1. The topological polar surface area (TPSA) is 58.2 Å². The quantitative estimate of drug-likeness (QED) is 0.464. The molecule has 0 aromatic heterocycles. The Morgan fingerprint density at radius 2 is 1.83 bits per heavy atom. The van der Waals surface area contributed by atoms with E-state index < -0.39 is 0 Å². The van der Waals surface area contributed by atoms with Crippen molar-refractivity contribution in [3.63, 3.8) is 0 Å². The molecule has 0 heterocycles. The molecule has 0 aliphatic rings. The van der Waals surface area contributed by atoms with Crippen LogP contribution in [0.25, 0.3) is 0 Å². The predicted molar refractivity (Wildman–Crippen MR) is 45.9 cm³/mol. The number of hydrogen-bond donors (Lipinski definition) is 2. The van der Waals surface area contributed by atoms with E-state index in [0.29, 0.717) is 5.92 Å². The van der Waals surface area contributed by atoms with Gasteiger partial charge in [-0.3, -0.25) is 20.4 Å². The van der Waals surface area contributed by atoms with Gasteiger partial charge in [0.15, 0.2) is 0 Å². The van der Waals surface area contributed by atoms with Gasteiger partial charge in [-0.15, -0.1) is 0 Å². The Bertz CT molecular complexity index is 197. The number of nitrogens with one attached hydrogen (secondary N) is 2. The van der Waals surface area contributed by atoms with Crippen molar-refractivity contribution in [1.29, 1.82) is 0 Å². The largest absolute Gasteiger partial charge is 0.274 e. The Kier molecular flexibility index (Phi) is 4.76. The summed E-state index contributed by atoms with van der Waals surface area (Å²) < 4.78 is 0. The van der Waals surface area contributed by atoms with Crippen molar-refractivity contribution in [2.45, 2.75) is 20.8 Å². The molecule has 0 saturated carbocycles. The molecule has 4 nitrogen and oxygen atoms in total. The molecule has 12 heavy (non-hydrogen) atoms. The summed E-state index contributed by atoms with van der Waals surface area (Å²) in [4.78, 5) is 21.2. The van der Waals surface area contributed by atoms with Gasteiger partial charge in [0.05, 0.1) is 0 Å². The maximum atomic E-state index is 10.8. The molecule has 0 bridgehead atoms. The van der Waals surface area contributed by atoms with Gasteiger partial charge >= 0.3 is 0 Å². The van der Waals surface area contributed by atoms with Gasteiger partial charge in [0.1, 0.15) is 0 Å². The third-order valence-corrected chi connectivity index (χ3v) is 0.994. The molecule has 0 rings (SSSR count). The van der Waals surface area contributed by atoms with E-state index in [0.717, 1.165) is 0 Å². The minimum Gasteiger partial charge on any atom is -0.274 e. The molecule has 2 N–H and O–H groups in total. The SMILES string of the molecule is CC(=O)NNC(=O)/C=C/C(C)C. The van der Waals surface area contributed by atoms with Gasteiger partial charge in [-0.2, -0.15) is 0 Å². The van der Waals surface area contributed by atoms with Crippen molar-refractivity contribution in [3.8, 4) is 0 Å². The molecule has 0 aliphatic heterocycles. The van der Waals surface area contributed by atoms with Crippen LogP contribution in [0, 0.1) is 5.92 Å². The molecule has 0 radical (unpaired) electrons. The molecular formula is C8H14N2O2. The average Bonchev–Trinajstić information content (AvgIpc) is 1.96. The number of carbonyl (C=O) groups excluding carboxylic acids is 2. The van der Waals surface area contributed by atoms with Gasteiger partial charge in [-0.25, -0.2) is 0 Å². The number of hydrogen-bond acceptors (Lipinski definition) is 2. The zero-order valence-electron chi connectivity index (χ0n) is 7.55. The van der Waals surface area contributed by atoms with Crippen molar-refractivity contribution >= 4 is 11.8 Å². The molecule has 0 aromatic rings. The van der Waals surface area contributed by atoms with Gasteiger partial charge < -0.3 is 0 Å². The smallest absolute Gasteiger partial charge is 0.262 e. The minimum absolute atomic E-state index is 0.290. The van der Waals surface area contributed by atoms with E-state index in [-0.39, 0.29) is 11.8 Å². The van der Waals surface area contributed by atoms with E-state index >= 15 is 0 Å². The summed E-state index contributed by atoms with van der Waals surface area (Å²) in [6, 6.07) is 0. The van der Waals surface area contributed by atoms with Crippen LogP contribution in [0.5, 0.6) is 0 Å². The Hall–Kier alpha value is -1.32. The maximum Gasteiger partial charge on any atom is 0.262 e. The van der Waals surface area contributed by atoms with Gasteiger partial charge in [0.2, 0.25) is 5.91 Å². The van der Waals surface area contributed by atoms with Crippen LogP contribution < -0.4 is 10.9 Å². The molecule has 68 valence electrons. The van der Waals surface area contributed by atoms with Crippen LogP contribution in [-0.4, -0.2) is 11.8 Å². The lowest BCUT2D eigenvalue weighted by atomic mass is 10.2. The average molecular weight is 170 g/mol. The van der Waals surface area contributed by atoms with E-state index in [4.69, 9.17) is 0 Å². The van der Waals surface area contributed by atoms with Crippen molar-refractivity contribution in [1.82, 2.24) is 10.9 Å². The lowest BCUT2D eigenvalue weighted by molar-refractivity contribution is -0.125. The highest BCUT2D eigenvalue weighted by molar-refractivity contribution is 5.89. The first kappa shape index (κ1) is 10.7. The Labute approximate surface area is 72.0 Å². The summed E-state index contributed by atoms with van der Waals surface area (Å²) >= 11 is 0. The van der Waals surface area contributed by atoms with E-state index in [1.165, 1.54) is 13.0 Å². The Balaban J connectivity index is 3.67. The first-order valence-electron chi connectivity index (χ1n) is 3.77. The Morgan fingerprint density at radius 3 is 2.25 bits per heavy atom. The second-order valence-electron chi connectivity index (χ2n) is 2.77. The summed E-state index contributed by atoms with van der Waals surface area (Å²) in [6.45, 7) is 5.25. The third kappa shape index (κ3) is 6.80. The highest BCUT2D eigenvalue weighted by atomic mass is 16.2. The van der Waals surface area contributed by atoms with Crippen LogP contribution in [0.15, 0.2) is 12.2 Å². The van der Waals surface area contributed by atoms with Gasteiger partial charge in [-0.05, 0) is 5.92 Å². The molecule has 2 amide bonds. The fourth-order valence-corrected chi connectivity index (χ4v) is 0.471. The molecule has 0 unspecified atom stereocenters. The number of carbonyl (C=O) groups is 2. The lowest BCUT2D eigenvalue weighted by Crippen LogP contribution is -2.39. The van der Waals surface area contributed by atoms with Crippen LogP contribution in [0.3, 0.4) is 0 Å². The van der Waals surface area contributed by atoms with Crippen LogP contribution in [-0.2, 0) is 9.59 Å². The number of rotatable bonds is 2. The summed E-state index contributed by atoms with van der Waals surface area (Å²) in [5.74, 6) is -0.284.